The minimum atomic E-state index is -1.12. The Morgan fingerprint density at radius 3 is 2.70 bits per heavy atom. The van der Waals surface area contributed by atoms with E-state index in [2.05, 4.69) is 27.8 Å². The van der Waals surface area contributed by atoms with Crippen molar-refractivity contribution in [2.45, 2.75) is 18.3 Å². The van der Waals surface area contributed by atoms with Gasteiger partial charge < -0.3 is 10.2 Å². The van der Waals surface area contributed by atoms with Crippen LogP contribution in [0.2, 0.25) is 5.02 Å². The predicted molar refractivity (Wildman–Crippen MR) is 108 cm³/mol. The number of nitrogens with one attached hydrogen (secondary N) is 1. The first kappa shape index (κ1) is 18.0. The number of anilines is 1. The third kappa shape index (κ3) is 3.56. The van der Waals surface area contributed by atoms with E-state index in [9.17, 15) is 9.90 Å². The summed E-state index contributed by atoms with van der Waals surface area (Å²) >= 11 is 7.93. The van der Waals surface area contributed by atoms with E-state index in [4.69, 9.17) is 16.7 Å². The minimum absolute atomic E-state index is 0.130. The highest BCUT2D eigenvalue weighted by molar-refractivity contribution is 7.14. The van der Waals surface area contributed by atoms with Gasteiger partial charge in [0.1, 0.15) is 0 Å². The fourth-order valence-corrected chi connectivity index (χ4v) is 4.39. The molecule has 1 aliphatic carbocycles. The Balaban J connectivity index is 1.63. The molecule has 2 heterocycles. The van der Waals surface area contributed by atoms with Crippen LogP contribution in [0.15, 0.2) is 48.0 Å². The first-order valence-corrected chi connectivity index (χ1v) is 9.73. The van der Waals surface area contributed by atoms with Crippen LogP contribution in [-0.2, 0) is 5.41 Å². The van der Waals surface area contributed by atoms with Crippen LogP contribution in [0.5, 0.6) is 0 Å². The number of amides is 1. The van der Waals surface area contributed by atoms with Gasteiger partial charge in [-0.05, 0) is 65.7 Å². The topological polar surface area (TPSA) is 82.5 Å². The Labute approximate surface area is 165 Å². The lowest BCUT2D eigenvalue weighted by Gasteiger charge is -2.11. The van der Waals surface area contributed by atoms with Gasteiger partial charge in [0, 0.05) is 33.4 Å². The third-order valence-corrected chi connectivity index (χ3v) is 6.15. The second-order valence-corrected chi connectivity index (χ2v) is 8.01. The highest BCUT2D eigenvalue weighted by atomic mass is 35.5. The summed E-state index contributed by atoms with van der Waals surface area (Å²) in [4.78, 5) is 16.2. The molecule has 1 aliphatic rings. The third-order valence-electron chi connectivity index (χ3n) is 4.88. The van der Waals surface area contributed by atoms with E-state index in [1.54, 1.807) is 29.7 Å². The largest absolute Gasteiger partial charge is 0.465 e. The summed E-state index contributed by atoms with van der Waals surface area (Å²) in [5.74, 6) is 0. The lowest BCUT2D eigenvalue weighted by molar-refractivity contribution is 0.209. The molecule has 1 saturated carbocycles. The van der Waals surface area contributed by atoms with E-state index < -0.39 is 6.09 Å². The maximum atomic E-state index is 10.7. The van der Waals surface area contributed by atoms with E-state index in [-0.39, 0.29) is 12.0 Å². The van der Waals surface area contributed by atoms with Gasteiger partial charge in [-0.1, -0.05) is 11.6 Å². The average Bonchev–Trinajstić information content (AvgIpc) is 3.31. The number of benzene rings is 1. The molecule has 0 radical (unpaired) electrons. The number of nitrogens with zero attached hydrogens (tertiary/aromatic N) is 1. The van der Waals surface area contributed by atoms with Crippen molar-refractivity contribution < 1.29 is 15.0 Å². The number of carboxylic acid groups (broad SMARTS) is 1. The number of aliphatic hydroxyl groups excluding tert-OH is 1. The number of hydrogen-bond donors (Lipinski definition) is 3. The number of pyridine rings is 1. The molecule has 138 valence electrons. The van der Waals surface area contributed by atoms with Crippen molar-refractivity contribution in [1.82, 2.24) is 4.98 Å². The molecule has 0 atom stereocenters. The summed E-state index contributed by atoms with van der Waals surface area (Å²) in [7, 11) is 0. The van der Waals surface area contributed by atoms with Gasteiger partial charge in [0.25, 0.3) is 0 Å². The van der Waals surface area contributed by atoms with Gasteiger partial charge in [0.05, 0.1) is 11.6 Å². The van der Waals surface area contributed by atoms with Crippen molar-refractivity contribution in [2.75, 3.05) is 11.9 Å². The standard InChI is InChI=1S/C20H17ClN2O3S/c21-16-9-14(23-19(25)26)1-2-15(16)17-7-13(10-27-17)12-3-6-22-18(8-12)20(11-24)4-5-20/h1-3,6-10,23-24H,4-5,11H2,(H,25,26). The molecule has 3 N–H and O–H groups in total. The van der Waals surface area contributed by atoms with Crippen LogP contribution in [0.4, 0.5) is 10.5 Å². The van der Waals surface area contributed by atoms with Crippen molar-refractivity contribution in [1.29, 1.82) is 0 Å². The van der Waals surface area contributed by atoms with E-state index in [1.165, 1.54) is 0 Å². The van der Waals surface area contributed by atoms with Crippen LogP contribution in [-0.4, -0.2) is 27.9 Å². The molecule has 3 aromatic rings. The molecular formula is C20H17ClN2O3S. The summed E-state index contributed by atoms with van der Waals surface area (Å²) < 4.78 is 0. The molecule has 0 saturated heterocycles. The average molecular weight is 401 g/mol. The fourth-order valence-electron chi connectivity index (χ4n) is 3.09. The van der Waals surface area contributed by atoms with Crippen LogP contribution in [0.25, 0.3) is 21.6 Å². The molecule has 1 amide bonds. The summed E-state index contributed by atoms with van der Waals surface area (Å²) in [6, 6.07) is 11.2. The molecule has 0 bridgehead atoms. The van der Waals surface area contributed by atoms with E-state index >= 15 is 0 Å². The molecule has 0 spiro atoms. The van der Waals surface area contributed by atoms with Gasteiger partial charge in [-0.3, -0.25) is 10.3 Å². The first-order valence-electron chi connectivity index (χ1n) is 8.47. The van der Waals surface area contributed by atoms with E-state index in [0.717, 1.165) is 40.1 Å². The Kier molecular flexibility index (Phi) is 4.63. The Morgan fingerprint density at radius 2 is 2.04 bits per heavy atom. The maximum absolute atomic E-state index is 10.7. The number of rotatable bonds is 5. The minimum Gasteiger partial charge on any atom is -0.465 e. The Bertz CT molecular complexity index is 1010. The van der Waals surface area contributed by atoms with Crippen molar-refractivity contribution >= 4 is 34.7 Å². The Morgan fingerprint density at radius 1 is 1.22 bits per heavy atom. The lowest BCUT2D eigenvalue weighted by Crippen LogP contribution is -2.13. The highest BCUT2D eigenvalue weighted by Gasteiger charge is 2.45. The fraction of sp³-hybridized carbons (Fsp3) is 0.200. The van der Waals surface area contributed by atoms with Crippen molar-refractivity contribution in [2.24, 2.45) is 0 Å². The number of hydrogen-bond acceptors (Lipinski definition) is 4. The summed E-state index contributed by atoms with van der Waals surface area (Å²) in [6.45, 7) is 0.130. The molecule has 1 aromatic carbocycles. The van der Waals surface area contributed by atoms with Gasteiger partial charge in [-0.2, -0.15) is 0 Å². The molecule has 0 unspecified atom stereocenters. The summed E-state index contributed by atoms with van der Waals surface area (Å²) in [5.41, 5.74) is 4.19. The van der Waals surface area contributed by atoms with Crippen LogP contribution in [0.1, 0.15) is 18.5 Å². The van der Waals surface area contributed by atoms with Crippen molar-refractivity contribution in [3.05, 3.63) is 58.7 Å². The Hall–Kier alpha value is -2.41. The molecule has 27 heavy (non-hydrogen) atoms. The molecule has 0 aliphatic heterocycles. The SMILES string of the molecule is O=C(O)Nc1ccc(-c2cc(-c3ccnc(C4(CO)CC4)c3)cs2)c(Cl)c1. The molecule has 5 nitrogen and oxygen atoms in total. The summed E-state index contributed by atoms with van der Waals surface area (Å²) in [5, 5.41) is 23.3. The highest BCUT2D eigenvalue weighted by Crippen LogP contribution is 2.47. The molecule has 4 rings (SSSR count). The normalized spacial score (nSPS) is 14.7. The van der Waals surface area contributed by atoms with Gasteiger partial charge in [-0.25, -0.2) is 4.79 Å². The number of carbonyl (C=O) groups is 1. The van der Waals surface area contributed by atoms with E-state index in [1.807, 2.05) is 12.1 Å². The smallest absolute Gasteiger partial charge is 0.409 e. The van der Waals surface area contributed by atoms with Gasteiger partial charge in [0.2, 0.25) is 0 Å². The monoisotopic (exact) mass is 400 g/mol. The summed E-state index contributed by atoms with van der Waals surface area (Å²) in [6.07, 6.45) is 2.61. The molecular weight excluding hydrogens is 384 g/mol. The lowest BCUT2D eigenvalue weighted by atomic mass is 9.99. The molecule has 2 aromatic heterocycles. The quantitative estimate of drug-likeness (QED) is 0.546. The van der Waals surface area contributed by atoms with Crippen LogP contribution >= 0.6 is 22.9 Å². The first-order chi connectivity index (χ1) is 13.0. The zero-order valence-corrected chi connectivity index (χ0v) is 15.8. The van der Waals surface area contributed by atoms with Crippen LogP contribution < -0.4 is 5.32 Å². The van der Waals surface area contributed by atoms with Crippen molar-refractivity contribution in [3.8, 4) is 21.6 Å². The van der Waals surface area contributed by atoms with Gasteiger partial charge >= 0.3 is 6.09 Å². The maximum Gasteiger partial charge on any atom is 0.409 e. The van der Waals surface area contributed by atoms with E-state index in [0.29, 0.717) is 10.7 Å². The van der Waals surface area contributed by atoms with Crippen LogP contribution in [0, 0.1) is 0 Å². The number of aliphatic hydroxyl groups is 1. The number of aromatic nitrogens is 1. The zero-order chi connectivity index (χ0) is 19.0. The van der Waals surface area contributed by atoms with Crippen molar-refractivity contribution in [3.63, 3.8) is 0 Å². The number of halogens is 1. The predicted octanol–water partition coefficient (Wildman–Crippen LogP) is 5.24. The second kappa shape index (κ2) is 6.96. The number of thiophene rings is 1. The molecule has 1 fully saturated rings. The van der Waals surface area contributed by atoms with Gasteiger partial charge in [-0.15, -0.1) is 11.3 Å². The molecule has 7 heteroatoms. The second-order valence-electron chi connectivity index (χ2n) is 6.69. The zero-order valence-electron chi connectivity index (χ0n) is 14.3. The van der Waals surface area contributed by atoms with Crippen LogP contribution in [0.3, 0.4) is 0 Å². The van der Waals surface area contributed by atoms with Gasteiger partial charge in [0.15, 0.2) is 0 Å².